The third kappa shape index (κ3) is 1.14. The van der Waals surface area contributed by atoms with Crippen LogP contribution in [0.25, 0.3) is 0 Å². The maximum absolute atomic E-state index is 3.58. The molecule has 1 aromatic carbocycles. The predicted octanol–water partition coefficient (Wildman–Crippen LogP) is 2.83. The molecule has 0 N–H and O–H groups in total. The summed E-state index contributed by atoms with van der Waals surface area (Å²) in [6.45, 7) is 4.49. The third-order valence-corrected chi connectivity index (χ3v) is 3.19. The summed E-state index contributed by atoms with van der Waals surface area (Å²) in [4.78, 5) is 2.42. The van der Waals surface area contributed by atoms with E-state index in [1.807, 2.05) is 0 Å². The van der Waals surface area contributed by atoms with E-state index in [9.17, 15) is 0 Å². The normalized spacial score (nSPS) is 15.0. The molecule has 0 fully saturated rings. The summed E-state index contributed by atoms with van der Waals surface area (Å²) >= 11 is 3.58. The lowest BCUT2D eigenvalue weighted by molar-refractivity contribution is 0.868. The second-order valence-electron chi connectivity index (χ2n) is 3.07. The summed E-state index contributed by atoms with van der Waals surface area (Å²) in [6.07, 6.45) is 1.19. The van der Waals surface area contributed by atoms with Crippen LogP contribution in [0.5, 0.6) is 0 Å². The molecule has 0 bridgehead atoms. The number of nitrogens with zero attached hydrogens (tertiary/aromatic N) is 1. The summed E-state index contributed by atoms with van der Waals surface area (Å²) in [5, 5.41) is 0. The van der Waals surface area contributed by atoms with E-state index in [0.29, 0.717) is 0 Å². The van der Waals surface area contributed by atoms with Crippen molar-refractivity contribution in [2.75, 3.05) is 18.0 Å². The zero-order chi connectivity index (χ0) is 8.55. The lowest BCUT2D eigenvalue weighted by Gasteiger charge is -2.16. The molecule has 1 aliphatic rings. The molecular formula is C10H12BrN. The van der Waals surface area contributed by atoms with E-state index in [1.54, 1.807) is 0 Å². The van der Waals surface area contributed by atoms with Crippen LogP contribution >= 0.6 is 15.9 Å². The van der Waals surface area contributed by atoms with Crippen LogP contribution in [0.2, 0.25) is 0 Å². The molecule has 0 aromatic heterocycles. The van der Waals surface area contributed by atoms with Crippen molar-refractivity contribution in [3.8, 4) is 0 Å². The van der Waals surface area contributed by atoms with Crippen molar-refractivity contribution in [3.63, 3.8) is 0 Å². The molecule has 12 heavy (non-hydrogen) atoms. The first kappa shape index (κ1) is 8.11. The zero-order valence-electron chi connectivity index (χ0n) is 7.18. The van der Waals surface area contributed by atoms with Crippen LogP contribution in [0, 0.1) is 0 Å². The molecular weight excluding hydrogens is 214 g/mol. The Morgan fingerprint density at radius 3 is 3.08 bits per heavy atom. The van der Waals surface area contributed by atoms with Gasteiger partial charge >= 0.3 is 0 Å². The molecule has 0 saturated carbocycles. The average Bonchev–Trinajstić information content (AvgIpc) is 2.49. The Balaban J connectivity index is 2.46. The Morgan fingerprint density at radius 2 is 2.33 bits per heavy atom. The van der Waals surface area contributed by atoms with Crippen LogP contribution in [0.3, 0.4) is 0 Å². The van der Waals surface area contributed by atoms with Gasteiger partial charge in [-0.2, -0.15) is 0 Å². The van der Waals surface area contributed by atoms with E-state index in [-0.39, 0.29) is 0 Å². The Hall–Kier alpha value is -0.500. The van der Waals surface area contributed by atoms with E-state index >= 15 is 0 Å². The van der Waals surface area contributed by atoms with Crippen molar-refractivity contribution < 1.29 is 0 Å². The number of fused-ring (bicyclic) bond motifs is 1. The Bertz CT molecular complexity index is 296. The van der Waals surface area contributed by atoms with E-state index in [4.69, 9.17) is 0 Å². The first-order valence-electron chi connectivity index (χ1n) is 4.35. The third-order valence-electron chi connectivity index (χ3n) is 2.45. The number of benzene rings is 1. The molecule has 0 aliphatic carbocycles. The maximum Gasteiger partial charge on any atom is 0.0410 e. The van der Waals surface area contributed by atoms with Crippen LogP contribution < -0.4 is 4.90 Å². The van der Waals surface area contributed by atoms with Crippen molar-refractivity contribution in [1.82, 2.24) is 0 Å². The molecule has 2 rings (SSSR count). The summed E-state index contributed by atoms with van der Waals surface area (Å²) in [5.41, 5.74) is 2.88. The van der Waals surface area contributed by atoms with Gasteiger partial charge in [0.25, 0.3) is 0 Å². The van der Waals surface area contributed by atoms with E-state index < -0.39 is 0 Å². The zero-order valence-corrected chi connectivity index (χ0v) is 8.76. The fourth-order valence-corrected chi connectivity index (χ4v) is 2.34. The van der Waals surface area contributed by atoms with Gasteiger partial charge in [0.05, 0.1) is 0 Å². The molecule has 0 radical (unpaired) electrons. The molecule has 0 atom stereocenters. The second kappa shape index (κ2) is 3.09. The molecule has 1 aliphatic heterocycles. The lowest BCUT2D eigenvalue weighted by Crippen LogP contribution is -2.18. The Labute approximate surface area is 81.5 Å². The van der Waals surface area contributed by atoms with E-state index in [0.717, 1.165) is 6.54 Å². The maximum atomic E-state index is 3.58. The van der Waals surface area contributed by atoms with Gasteiger partial charge in [0.15, 0.2) is 0 Å². The minimum Gasteiger partial charge on any atom is -0.371 e. The van der Waals surface area contributed by atoms with Gasteiger partial charge in [-0.1, -0.05) is 22.0 Å². The summed E-state index contributed by atoms with van der Waals surface area (Å²) < 4.78 is 1.26. The summed E-state index contributed by atoms with van der Waals surface area (Å²) in [7, 11) is 0. The topological polar surface area (TPSA) is 3.24 Å². The van der Waals surface area contributed by atoms with E-state index in [1.165, 1.54) is 28.7 Å². The molecule has 0 unspecified atom stereocenters. The highest BCUT2D eigenvalue weighted by atomic mass is 79.9. The molecule has 1 nitrogen and oxygen atoms in total. The van der Waals surface area contributed by atoms with Gasteiger partial charge in [-0.05, 0) is 31.0 Å². The van der Waals surface area contributed by atoms with Gasteiger partial charge in [0, 0.05) is 23.2 Å². The Kier molecular flexibility index (Phi) is 2.09. The van der Waals surface area contributed by atoms with Gasteiger partial charge in [-0.15, -0.1) is 0 Å². The molecule has 1 heterocycles. The molecule has 0 saturated heterocycles. The molecule has 64 valence electrons. The highest BCUT2D eigenvalue weighted by Gasteiger charge is 2.18. The number of anilines is 1. The molecule has 0 amide bonds. The van der Waals surface area contributed by atoms with Crippen LogP contribution in [0.4, 0.5) is 5.69 Å². The second-order valence-corrected chi connectivity index (χ2v) is 3.92. The number of hydrogen-bond donors (Lipinski definition) is 0. The van der Waals surface area contributed by atoms with E-state index in [2.05, 4.69) is 46.0 Å². The van der Waals surface area contributed by atoms with Crippen molar-refractivity contribution >= 4 is 21.6 Å². The monoisotopic (exact) mass is 225 g/mol. The smallest absolute Gasteiger partial charge is 0.0410 e. The number of halogens is 1. The van der Waals surface area contributed by atoms with Crippen LogP contribution in [0.1, 0.15) is 12.5 Å². The number of hydrogen-bond acceptors (Lipinski definition) is 1. The predicted molar refractivity (Wildman–Crippen MR) is 55.7 cm³/mol. The fraction of sp³-hybridized carbons (Fsp3) is 0.400. The first-order valence-corrected chi connectivity index (χ1v) is 5.14. The van der Waals surface area contributed by atoms with Crippen LogP contribution in [-0.4, -0.2) is 13.1 Å². The van der Waals surface area contributed by atoms with Crippen molar-refractivity contribution in [3.05, 3.63) is 28.2 Å². The van der Waals surface area contributed by atoms with Gasteiger partial charge in [-0.3, -0.25) is 0 Å². The highest BCUT2D eigenvalue weighted by Crippen LogP contribution is 2.32. The molecule has 0 spiro atoms. The average molecular weight is 226 g/mol. The Morgan fingerprint density at radius 1 is 1.50 bits per heavy atom. The van der Waals surface area contributed by atoms with Crippen molar-refractivity contribution in [2.24, 2.45) is 0 Å². The largest absolute Gasteiger partial charge is 0.371 e. The summed E-state index contributed by atoms with van der Waals surface area (Å²) in [5.74, 6) is 0. The lowest BCUT2D eigenvalue weighted by atomic mass is 10.2. The van der Waals surface area contributed by atoms with Crippen LogP contribution in [-0.2, 0) is 6.42 Å². The first-order chi connectivity index (χ1) is 5.83. The summed E-state index contributed by atoms with van der Waals surface area (Å²) in [6, 6.07) is 6.44. The quantitative estimate of drug-likeness (QED) is 0.711. The highest BCUT2D eigenvalue weighted by molar-refractivity contribution is 9.10. The van der Waals surface area contributed by atoms with Gasteiger partial charge in [0.2, 0.25) is 0 Å². The molecule has 1 aromatic rings. The number of rotatable bonds is 1. The van der Waals surface area contributed by atoms with Crippen LogP contribution in [0.15, 0.2) is 22.7 Å². The fourth-order valence-electron chi connectivity index (χ4n) is 1.79. The standard InChI is InChI=1S/C10H12BrN/c1-2-12-7-6-8-9(11)4-3-5-10(8)12/h3-5H,2,6-7H2,1H3. The van der Waals surface area contributed by atoms with Crippen molar-refractivity contribution in [1.29, 1.82) is 0 Å². The van der Waals surface area contributed by atoms with Gasteiger partial charge < -0.3 is 4.90 Å². The van der Waals surface area contributed by atoms with Gasteiger partial charge in [0.1, 0.15) is 0 Å². The SMILES string of the molecule is CCN1CCc2c(Br)cccc21. The minimum atomic E-state index is 1.11. The minimum absolute atomic E-state index is 1.11. The number of likely N-dealkylation sites (N-methyl/N-ethyl adjacent to an activating group) is 1. The molecule has 2 heteroatoms. The van der Waals surface area contributed by atoms with Gasteiger partial charge in [-0.25, -0.2) is 0 Å². The van der Waals surface area contributed by atoms with Crippen molar-refractivity contribution in [2.45, 2.75) is 13.3 Å².